The maximum atomic E-state index is 14.3. The number of nitrogens with zero attached hydrogens (tertiary/aromatic N) is 1. The fraction of sp³-hybridized carbons (Fsp3) is 0.333. The molecule has 0 radical (unpaired) electrons. The van der Waals surface area contributed by atoms with Crippen molar-refractivity contribution >= 4 is 49.2 Å². The number of ether oxygens (including phenoxy) is 1. The summed E-state index contributed by atoms with van der Waals surface area (Å²) >= 11 is 7.27. The van der Waals surface area contributed by atoms with E-state index in [9.17, 15) is 9.59 Å². The Hall–Kier alpha value is -2.22. The number of amides is 1. The van der Waals surface area contributed by atoms with Crippen molar-refractivity contribution in [3.05, 3.63) is 80.8 Å². The molecule has 34 heavy (non-hydrogen) atoms. The molecule has 5 nitrogen and oxygen atoms in total. The van der Waals surface area contributed by atoms with Gasteiger partial charge in [0, 0.05) is 26.5 Å². The second-order valence-corrected chi connectivity index (χ2v) is 11.2. The number of nitrogens with one attached hydrogen (secondary N) is 1. The number of carbonyl (C=O) groups is 2. The number of hydrogen-bond acceptors (Lipinski definition) is 4. The number of anilines is 1. The Kier molecular flexibility index (Phi) is 5.35. The summed E-state index contributed by atoms with van der Waals surface area (Å²) in [4.78, 5) is 30.7. The van der Waals surface area contributed by atoms with Gasteiger partial charge in [-0.15, -0.1) is 0 Å². The third-order valence-corrected chi connectivity index (χ3v) is 8.99. The minimum atomic E-state index is -1.05. The molecule has 6 rings (SSSR count). The van der Waals surface area contributed by atoms with Crippen LogP contribution in [-0.2, 0) is 15.1 Å². The van der Waals surface area contributed by atoms with E-state index in [1.165, 1.54) is 0 Å². The maximum Gasteiger partial charge on any atom is 0.250 e. The van der Waals surface area contributed by atoms with Crippen molar-refractivity contribution in [2.24, 2.45) is 11.8 Å². The van der Waals surface area contributed by atoms with Crippen molar-refractivity contribution in [1.29, 1.82) is 0 Å². The summed E-state index contributed by atoms with van der Waals surface area (Å²) in [7, 11) is 1.65. The normalized spacial score (nSPS) is 29.6. The molecule has 2 aromatic carbocycles. The van der Waals surface area contributed by atoms with E-state index in [2.05, 4.69) is 54.2 Å². The molecule has 4 aliphatic rings. The first-order valence-corrected chi connectivity index (χ1v) is 13.2. The van der Waals surface area contributed by atoms with Crippen molar-refractivity contribution in [3.63, 3.8) is 0 Å². The number of benzene rings is 2. The number of carbonyl (C=O) groups excluding carboxylic acids is 2. The van der Waals surface area contributed by atoms with E-state index in [1.807, 2.05) is 48.6 Å². The number of hydrogen-bond donors (Lipinski definition) is 1. The van der Waals surface area contributed by atoms with Gasteiger partial charge in [-0.3, -0.25) is 14.5 Å². The molecule has 2 aromatic rings. The smallest absolute Gasteiger partial charge is 0.250 e. The van der Waals surface area contributed by atoms with Crippen molar-refractivity contribution in [3.8, 4) is 5.75 Å². The number of halogens is 2. The van der Waals surface area contributed by atoms with E-state index in [-0.39, 0.29) is 29.6 Å². The molecule has 174 valence electrons. The van der Waals surface area contributed by atoms with Gasteiger partial charge in [-0.1, -0.05) is 52.4 Å². The van der Waals surface area contributed by atoms with Crippen molar-refractivity contribution in [2.45, 2.75) is 30.3 Å². The van der Waals surface area contributed by atoms with Gasteiger partial charge in [0.15, 0.2) is 0 Å². The lowest BCUT2D eigenvalue weighted by Crippen LogP contribution is -2.53. The van der Waals surface area contributed by atoms with Crippen LogP contribution in [0.15, 0.2) is 69.6 Å². The molecule has 0 saturated carbocycles. The lowest BCUT2D eigenvalue weighted by Gasteiger charge is -2.37. The Bertz CT molecular complexity index is 1240. The number of rotatable bonds is 4. The second-order valence-electron chi connectivity index (χ2n) is 9.41. The van der Waals surface area contributed by atoms with E-state index in [0.717, 1.165) is 50.9 Å². The molecule has 2 saturated heterocycles. The zero-order valence-electron chi connectivity index (χ0n) is 18.6. The third-order valence-electron chi connectivity index (χ3n) is 7.91. The zero-order chi connectivity index (χ0) is 23.6. The van der Waals surface area contributed by atoms with E-state index in [0.29, 0.717) is 0 Å². The van der Waals surface area contributed by atoms with Crippen LogP contribution in [-0.4, -0.2) is 36.3 Å². The van der Waals surface area contributed by atoms with Crippen LogP contribution in [0.1, 0.15) is 29.9 Å². The van der Waals surface area contributed by atoms with Gasteiger partial charge in [0.2, 0.25) is 5.91 Å². The highest BCUT2D eigenvalue weighted by Crippen LogP contribution is 2.62. The average molecular weight is 584 g/mol. The van der Waals surface area contributed by atoms with Crippen LogP contribution in [0.2, 0.25) is 0 Å². The van der Waals surface area contributed by atoms with Crippen LogP contribution >= 0.6 is 31.9 Å². The quantitative estimate of drug-likeness (QED) is 0.512. The number of ketones is 1. The molecule has 0 aromatic heterocycles. The molecule has 1 aliphatic carbocycles. The SMILES string of the molecule is COc1ccc([C@@H]2C3CCCN3[C@]3(C(=O)Nc4c(Br)cc(Br)cc43)[C@H]2C(=O)C2C=CC=C2)cc1. The highest BCUT2D eigenvalue weighted by Gasteiger charge is 2.69. The Balaban J connectivity index is 1.60. The van der Waals surface area contributed by atoms with Crippen molar-refractivity contribution < 1.29 is 14.3 Å². The largest absolute Gasteiger partial charge is 0.497 e. The summed E-state index contributed by atoms with van der Waals surface area (Å²) in [6.45, 7) is 0.786. The first-order valence-electron chi connectivity index (χ1n) is 11.6. The summed E-state index contributed by atoms with van der Waals surface area (Å²) in [5.41, 5.74) is 1.68. The Morgan fingerprint density at radius 2 is 1.88 bits per heavy atom. The predicted octanol–water partition coefficient (Wildman–Crippen LogP) is 5.56. The molecule has 1 spiro atoms. The molecule has 0 bridgehead atoms. The first-order chi connectivity index (χ1) is 16.5. The monoisotopic (exact) mass is 582 g/mol. The fourth-order valence-corrected chi connectivity index (χ4v) is 7.97. The Morgan fingerprint density at radius 3 is 2.59 bits per heavy atom. The average Bonchev–Trinajstić information content (AvgIpc) is 3.60. The summed E-state index contributed by atoms with van der Waals surface area (Å²) in [6, 6.07) is 12.1. The molecule has 3 aliphatic heterocycles. The lowest BCUT2D eigenvalue weighted by atomic mass is 9.68. The van der Waals surface area contributed by atoms with Crippen LogP contribution in [0.4, 0.5) is 5.69 Å². The van der Waals surface area contributed by atoms with E-state index in [1.54, 1.807) is 7.11 Å². The molecular formula is C27H24Br2N2O3. The van der Waals surface area contributed by atoms with Crippen molar-refractivity contribution in [1.82, 2.24) is 4.90 Å². The van der Waals surface area contributed by atoms with Gasteiger partial charge in [-0.2, -0.15) is 0 Å². The van der Waals surface area contributed by atoms with E-state index < -0.39 is 11.5 Å². The van der Waals surface area contributed by atoms with Gasteiger partial charge < -0.3 is 10.1 Å². The molecule has 1 N–H and O–H groups in total. The van der Waals surface area contributed by atoms with Gasteiger partial charge >= 0.3 is 0 Å². The number of methoxy groups -OCH3 is 1. The van der Waals surface area contributed by atoms with Crippen LogP contribution in [0, 0.1) is 11.8 Å². The summed E-state index contributed by atoms with van der Waals surface area (Å²) in [5, 5.41) is 3.15. The second kappa shape index (κ2) is 8.18. The highest BCUT2D eigenvalue weighted by atomic mass is 79.9. The van der Waals surface area contributed by atoms with Gasteiger partial charge in [0.25, 0.3) is 0 Å². The van der Waals surface area contributed by atoms with Crippen LogP contribution in [0.5, 0.6) is 5.75 Å². The minimum Gasteiger partial charge on any atom is -0.497 e. The molecule has 1 unspecified atom stereocenters. The Labute approximate surface area is 215 Å². The molecule has 7 heteroatoms. The highest BCUT2D eigenvalue weighted by molar-refractivity contribution is 9.11. The number of fused-ring (bicyclic) bond motifs is 4. The van der Waals surface area contributed by atoms with E-state index >= 15 is 0 Å². The van der Waals surface area contributed by atoms with Gasteiger partial charge in [0.1, 0.15) is 17.1 Å². The van der Waals surface area contributed by atoms with Crippen molar-refractivity contribution in [2.75, 3.05) is 19.0 Å². The zero-order valence-corrected chi connectivity index (χ0v) is 21.8. The number of allylic oxidation sites excluding steroid dienone is 4. The molecule has 3 heterocycles. The molecular weight excluding hydrogens is 560 g/mol. The summed E-state index contributed by atoms with van der Waals surface area (Å²) in [5.74, 6) is -0.173. The third kappa shape index (κ3) is 2.99. The van der Waals surface area contributed by atoms with Crippen LogP contribution in [0.3, 0.4) is 0 Å². The topological polar surface area (TPSA) is 58.6 Å². The van der Waals surface area contributed by atoms with Gasteiger partial charge in [0.05, 0.1) is 24.6 Å². The first kappa shape index (κ1) is 22.3. The predicted molar refractivity (Wildman–Crippen MR) is 138 cm³/mol. The molecule has 2 fully saturated rings. The van der Waals surface area contributed by atoms with E-state index in [4.69, 9.17) is 4.74 Å². The Morgan fingerprint density at radius 1 is 1.15 bits per heavy atom. The molecule has 4 atom stereocenters. The van der Waals surface area contributed by atoms with Crippen LogP contribution in [0.25, 0.3) is 0 Å². The standard InChI is InChI=1S/C27H24Br2N2O3/c1-34-18-10-8-15(9-11-18)22-21-7-4-12-31(21)27(23(22)25(32)16-5-2-3-6-16)19-13-17(28)14-20(29)24(19)30-26(27)33/h2-3,5-6,8-11,13-14,16,21-23H,4,7,12H2,1H3,(H,30,33)/t21?,22-,23-,27+/m1/s1. The van der Waals surface area contributed by atoms with Crippen LogP contribution < -0.4 is 10.1 Å². The van der Waals surface area contributed by atoms with Gasteiger partial charge in [-0.05, 0) is 65.1 Å². The number of Topliss-reactive ketones (excluding diaryl/α,β-unsaturated/α-hetero) is 1. The maximum absolute atomic E-state index is 14.3. The summed E-state index contributed by atoms with van der Waals surface area (Å²) in [6.07, 6.45) is 9.68. The lowest BCUT2D eigenvalue weighted by molar-refractivity contribution is -0.137. The molecule has 1 amide bonds. The fourth-order valence-electron chi connectivity index (χ4n) is 6.64. The van der Waals surface area contributed by atoms with Gasteiger partial charge in [-0.25, -0.2) is 0 Å². The minimum absolute atomic E-state index is 0.0966. The summed E-state index contributed by atoms with van der Waals surface area (Å²) < 4.78 is 7.08.